The number of carbonyl (C=O) groups excluding carboxylic acids is 5. The van der Waals surface area contributed by atoms with Gasteiger partial charge in [0, 0.05) is 78.7 Å². The van der Waals surface area contributed by atoms with Gasteiger partial charge in [0.15, 0.2) is 12.4 Å². The van der Waals surface area contributed by atoms with Crippen LogP contribution in [0.2, 0.25) is 0 Å². The fourth-order valence-corrected chi connectivity index (χ4v) is 6.53. The van der Waals surface area contributed by atoms with Crippen LogP contribution in [-0.4, -0.2) is 140 Å². The maximum absolute atomic E-state index is 13.1. The molecule has 4 rings (SSSR count). The van der Waals surface area contributed by atoms with Crippen molar-refractivity contribution in [3.8, 4) is 0 Å². The van der Waals surface area contributed by atoms with Crippen LogP contribution in [0, 0.1) is 19.3 Å². The minimum atomic E-state index is -0.966. The number of aromatic nitrogens is 1. The molecule has 3 heterocycles. The number of nitrogens with one attached hydrogen (secondary N) is 6. The highest BCUT2D eigenvalue weighted by Gasteiger charge is 2.27. The Morgan fingerprint density at radius 3 is 2.45 bits per heavy atom. The number of amidine groups is 1. The third-order valence-electron chi connectivity index (χ3n) is 9.55. The normalized spacial score (nSPS) is 15.5. The van der Waals surface area contributed by atoms with Gasteiger partial charge in [-0.3, -0.25) is 19.8 Å². The molecular formula is C41H57N9O9S. The Hall–Kier alpha value is -5.50. The molecule has 19 heteroatoms. The summed E-state index contributed by atoms with van der Waals surface area (Å²) in [5, 5.41) is 20.0. The Morgan fingerprint density at radius 1 is 1.08 bits per heavy atom. The van der Waals surface area contributed by atoms with E-state index in [0.717, 1.165) is 31.8 Å². The second-order valence-electron chi connectivity index (χ2n) is 15.1. The van der Waals surface area contributed by atoms with Gasteiger partial charge < -0.3 is 55.0 Å². The maximum atomic E-state index is 13.1. The van der Waals surface area contributed by atoms with Crippen LogP contribution in [0.1, 0.15) is 67.5 Å². The van der Waals surface area contributed by atoms with E-state index in [1.807, 2.05) is 32.6 Å². The lowest BCUT2D eigenvalue weighted by molar-refractivity contribution is -0.146. The van der Waals surface area contributed by atoms with Gasteiger partial charge >= 0.3 is 11.9 Å². The van der Waals surface area contributed by atoms with E-state index in [2.05, 4.69) is 62.2 Å². The van der Waals surface area contributed by atoms with Crippen LogP contribution in [0.25, 0.3) is 11.6 Å². The zero-order chi connectivity index (χ0) is 44.0. The predicted molar refractivity (Wildman–Crippen MR) is 232 cm³/mol. The van der Waals surface area contributed by atoms with E-state index in [4.69, 9.17) is 24.4 Å². The quantitative estimate of drug-likeness (QED) is 0.0401. The van der Waals surface area contributed by atoms with Gasteiger partial charge in [-0.2, -0.15) is 4.40 Å². The van der Waals surface area contributed by atoms with E-state index < -0.39 is 30.6 Å². The topological polar surface area (TPSA) is 229 Å². The second kappa shape index (κ2) is 22.2. The van der Waals surface area contributed by atoms with E-state index in [-0.39, 0.29) is 42.2 Å². The molecule has 0 radical (unpaired) electrons. The number of esters is 2. The monoisotopic (exact) mass is 851 g/mol. The highest BCUT2D eigenvalue weighted by atomic mass is 32.1. The molecule has 0 saturated carbocycles. The van der Waals surface area contributed by atoms with E-state index in [1.54, 1.807) is 31.2 Å². The Kier molecular flexibility index (Phi) is 17.5. The maximum Gasteiger partial charge on any atom is 0.331 e. The number of morpholine rings is 1. The van der Waals surface area contributed by atoms with Crippen LogP contribution >= 0.6 is 12.8 Å². The Morgan fingerprint density at radius 2 is 1.78 bits per heavy atom. The van der Waals surface area contributed by atoms with Gasteiger partial charge in [0.1, 0.15) is 12.7 Å². The minimum absolute atomic E-state index is 0.179. The van der Waals surface area contributed by atoms with Crippen LogP contribution in [0.3, 0.4) is 0 Å². The summed E-state index contributed by atoms with van der Waals surface area (Å²) < 4.78 is 25.4. The first kappa shape index (κ1) is 47.2. The highest BCUT2D eigenvalue weighted by molar-refractivity contribution is 7.79. The molecule has 0 spiro atoms. The average molecular weight is 852 g/mol. The summed E-state index contributed by atoms with van der Waals surface area (Å²) >= 11 is 3.99. The van der Waals surface area contributed by atoms with Crippen molar-refractivity contribution in [1.82, 2.24) is 25.4 Å². The lowest BCUT2D eigenvalue weighted by Crippen LogP contribution is -2.46. The standard InChI is InChI=1S/C41H57N9O9S/c1-8-49(9-2)15-14-43-40(55)36-25(3)32(45-26(36)4)21-30-29-20-27(10-11-31(29)47-39(30)54)46-33(51)24-57-34(52)12-13-35(53)59-28(22-44-41(5,6)7)23-58-37(42)38(48-60)50-16-18-56-19-17-50/h10-13,20-21,28,42,44-45,60H,8-9,14-19,22-24H2,1-7H3,(H,43,55)(H,46,51)(H,47,54)/b13-12+,30-21-,42-37?,48-38?/t28-/m0/s1. The molecule has 18 nitrogen and oxygen atoms in total. The number of hydrogen-bond acceptors (Lipinski definition) is 14. The second-order valence-corrected chi connectivity index (χ2v) is 15.3. The molecule has 1 aromatic carbocycles. The molecule has 1 fully saturated rings. The first-order valence-electron chi connectivity index (χ1n) is 19.8. The Labute approximate surface area is 355 Å². The molecule has 6 N–H and O–H groups in total. The number of fused-ring (bicyclic) bond motifs is 1. The Balaban J connectivity index is 1.32. The number of carbonyl (C=O) groups is 5. The number of aromatic amines is 1. The molecule has 1 aromatic heterocycles. The van der Waals surface area contributed by atoms with E-state index in [0.29, 0.717) is 77.9 Å². The molecule has 2 aliphatic rings. The molecule has 0 unspecified atom stereocenters. The van der Waals surface area contributed by atoms with Crippen molar-refractivity contribution < 1.29 is 42.9 Å². The van der Waals surface area contributed by atoms with Gasteiger partial charge in [-0.1, -0.05) is 13.8 Å². The molecule has 326 valence electrons. The van der Waals surface area contributed by atoms with E-state index >= 15 is 0 Å². The Bertz CT molecular complexity index is 1990. The van der Waals surface area contributed by atoms with Crippen molar-refractivity contribution in [2.75, 3.05) is 82.9 Å². The van der Waals surface area contributed by atoms with Crippen molar-refractivity contribution in [2.24, 2.45) is 4.40 Å². The van der Waals surface area contributed by atoms with Crippen LogP contribution in [0.5, 0.6) is 0 Å². The largest absolute Gasteiger partial charge is 0.471 e. The third-order valence-corrected chi connectivity index (χ3v) is 9.74. The van der Waals surface area contributed by atoms with E-state index in [1.165, 1.54) is 0 Å². The summed E-state index contributed by atoms with van der Waals surface area (Å²) in [5.41, 5.74) is 3.87. The average Bonchev–Trinajstić information content (AvgIpc) is 3.68. The molecular weight excluding hydrogens is 795 g/mol. The fraction of sp³-hybridized carbons (Fsp3) is 0.488. The van der Waals surface area contributed by atoms with Crippen LogP contribution < -0.4 is 21.3 Å². The van der Waals surface area contributed by atoms with Crippen molar-refractivity contribution in [1.29, 1.82) is 5.41 Å². The number of likely N-dealkylation sites (N-methyl/N-ethyl adjacent to an activating group) is 1. The molecule has 0 aliphatic carbocycles. The first-order valence-corrected chi connectivity index (χ1v) is 20.2. The summed E-state index contributed by atoms with van der Waals surface area (Å²) in [5.74, 6) is -3.08. The smallest absolute Gasteiger partial charge is 0.331 e. The van der Waals surface area contributed by atoms with Crippen molar-refractivity contribution in [3.63, 3.8) is 0 Å². The lowest BCUT2D eigenvalue weighted by Gasteiger charge is -2.30. The number of rotatable bonds is 17. The van der Waals surface area contributed by atoms with Crippen molar-refractivity contribution >= 4 is 77.2 Å². The number of nitrogens with zero attached hydrogens (tertiary/aromatic N) is 3. The highest BCUT2D eigenvalue weighted by Crippen LogP contribution is 2.36. The molecule has 1 atom stereocenters. The van der Waals surface area contributed by atoms with Crippen LogP contribution in [0.4, 0.5) is 11.4 Å². The summed E-state index contributed by atoms with van der Waals surface area (Å²) in [4.78, 5) is 71.3. The molecule has 3 amide bonds. The fourth-order valence-electron chi connectivity index (χ4n) is 6.31. The SMILES string of the molecule is CCN(CC)CCNC(=O)c1c(C)[nH]c(/C=C2\C(=O)Nc3ccc(NC(=O)COC(=O)/C=C/C(=O)O[C@@H](CNC(C)(C)C)COC(=N)C(=NS)N4CCOCC4)cc32)c1C. The van der Waals surface area contributed by atoms with Gasteiger partial charge in [-0.05, 0) is 90.4 Å². The zero-order valence-electron chi connectivity index (χ0n) is 35.3. The molecule has 2 aromatic rings. The van der Waals surface area contributed by atoms with Crippen LogP contribution in [-0.2, 0) is 38.1 Å². The molecule has 60 heavy (non-hydrogen) atoms. The summed E-state index contributed by atoms with van der Waals surface area (Å²) in [6, 6.07) is 4.85. The number of hydrogen-bond donors (Lipinski definition) is 7. The predicted octanol–water partition coefficient (Wildman–Crippen LogP) is 3.10. The van der Waals surface area contributed by atoms with Crippen molar-refractivity contribution in [2.45, 2.75) is 60.1 Å². The minimum Gasteiger partial charge on any atom is -0.471 e. The van der Waals surface area contributed by atoms with Gasteiger partial charge in [0.25, 0.3) is 23.6 Å². The summed E-state index contributed by atoms with van der Waals surface area (Å²) in [6.07, 6.45) is 2.53. The molecule has 0 bridgehead atoms. The van der Waals surface area contributed by atoms with Gasteiger partial charge in [-0.15, -0.1) is 0 Å². The summed E-state index contributed by atoms with van der Waals surface area (Å²) in [6.45, 7) is 17.9. The number of anilines is 2. The van der Waals surface area contributed by atoms with Crippen LogP contribution in [0.15, 0.2) is 34.7 Å². The van der Waals surface area contributed by atoms with Crippen molar-refractivity contribution in [3.05, 3.63) is 58.4 Å². The number of ether oxygens (including phenoxy) is 4. The molecule has 1 saturated heterocycles. The van der Waals surface area contributed by atoms with Gasteiger partial charge in [-0.25, -0.2) is 9.59 Å². The first-order chi connectivity index (χ1) is 28.5. The number of benzene rings is 1. The number of aryl methyl sites for hydroxylation is 1. The third kappa shape index (κ3) is 13.8. The van der Waals surface area contributed by atoms with Gasteiger partial charge in [0.05, 0.1) is 24.4 Å². The number of thiol groups is 1. The zero-order valence-corrected chi connectivity index (χ0v) is 36.2. The summed E-state index contributed by atoms with van der Waals surface area (Å²) in [7, 11) is 0. The molecule has 2 aliphatic heterocycles. The number of H-pyrrole nitrogens is 1. The van der Waals surface area contributed by atoms with E-state index in [9.17, 15) is 24.0 Å². The number of amides is 3. The van der Waals surface area contributed by atoms with Gasteiger partial charge in [0.2, 0.25) is 0 Å². The lowest BCUT2D eigenvalue weighted by atomic mass is 10.0.